The molecule has 0 unspecified atom stereocenters. The van der Waals surface area contributed by atoms with Crippen LogP contribution in [-0.4, -0.2) is 19.3 Å². The van der Waals surface area contributed by atoms with Crippen LogP contribution in [0.3, 0.4) is 0 Å². The zero-order valence-electron chi connectivity index (χ0n) is 10.1. The minimum absolute atomic E-state index is 0.121. The van der Waals surface area contributed by atoms with Gasteiger partial charge in [0.2, 0.25) is 0 Å². The van der Waals surface area contributed by atoms with Crippen molar-refractivity contribution in [1.82, 2.24) is 0 Å². The Morgan fingerprint density at radius 3 is 2.44 bits per heavy atom. The van der Waals surface area contributed by atoms with Crippen LogP contribution in [-0.2, 0) is 6.54 Å². The number of rotatable bonds is 5. The molecular weight excluding hydrogens is 248 g/mol. The number of benzene rings is 1. The zero-order valence-corrected chi connectivity index (χ0v) is 10.1. The Bertz CT molecular complexity index is 390. The summed E-state index contributed by atoms with van der Waals surface area (Å²) in [5.74, 6) is -0.571. The quantitative estimate of drug-likeness (QED) is 0.828. The van der Waals surface area contributed by atoms with Crippen LogP contribution in [0.1, 0.15) is 18.9 Å². The first-order chi connectivity index (χ1) is 8.39. The van der Waals surface area contributed by atoms with Crippen LogP contribution in [0, 0.1) is 5.82 Å². The fraction of sp³-hybridized carbons (Fsp3) is 0.500. The van der Waals surface area contributed by atoms with Crippen LogP contribution in [0.4, 0.5) is 23.2 Å². The highest BCUT2D eigenvalue weighted by molar-refractivity contribution is 5.54. The van der Waals surface area contributed by atoms with Crippen molar-refractivity contribution in [1.29, 1.82) is 0 Å². The van der Waals surface area contributed by atoms with E-state index in [9.17, 15) is 17.6 Å². The summed E-state index contributed by atoms with van der Waals surface area (Å²) >= 11 is 0. The summed E-state index contributed by atoms with van der Waals surface area (Å²) in [7, 11) is 0. The van der Waals surface area contributed by atoms with E-state index in [4.69, 9.17) is 5.73 Å². The van der Waals surface area contributed by atoms with E-state index in [-0.39, 0.29) is 24.3 Å². The average molecular weight is 264 g/mol. The topological polar surface area (TPSA) is 29.3 Å². The molecule has 0 saturated heterocycles. The molecule has 0 aliphatic carbocycles. The second-order valence-corrected chi connectivity index (χ2v) is 3.98. The second kappa shape index (κ2) is 6.04. The molecule has 0 spiro atoms. The van der Waals surface area contributed by atoms with Crippen LogP contribution in [0.25, 0.3) is 0 Å². The monoisotopic (exact) mass is 264 g/mol. The predicted octanol–water partition coefficient (Wildman–Crippen LogP) is 3.06. The third-order valence-corrected chi connectivity index (χ3v) is 2.50. The largest absolute Gasteiger partial charge is 0.405 e. The van der Waals surface area contributed by atoms with Crippen molar-refractivity contribution in [2.45, 2.75) is 26.1 Å². The van der Waals surface area contributed by atoms with E-state index in [1.54, 1.807) is 6.92 Å². The van der Waals surface area contributed by atoms with E-state index in [0.29, 0.717) is 6.42 Å². The van der Waals surface area contributed by atoms with Crippen LogP contribution in [0.15, 0.2) is 18.2 Å². The van der Waals surface area contributed by atoms with Gasteiger partial charge in [-0.25, -0.2) is 4.39 Å². The fourth-order valence-corrected chi connectivity index (χ4v) is 1.82. The molecule has 0 bridgehead atoms. The number of nitrogens with zero attached hydrogens (tertiary/aromatic N) is 1. The molecule has 18 heavy (non-hydrogen) atoms. The number of anilines is 1. The highest BCUT2D eigenvalue weighted by atomic mass is 19.4. The van der Waals surface area contributed by atoms with Crippen LogP contribution >= 0.6 is 0 Å². The molecule has 2 N–H and O–H groups in total. The van der Waals surface area contributed by atoms with E-state index >= 15 is 0 Å². The highest BCUT2D eigenvalue weighted by Gasteiger charge is 2.31. The third-order valence-electron chi connectivity index (χ3n) is 2.50. The van der Waals surface area contributed by atoms with Crippen molar-refractivity contribution in [3.63, 3.8) is 0 Å². The van der Waals surface area contributed by atoms with E-state index in [2.05, 4.69) is 0 Å². The van der Waals surface area contributed by atoms with Gasteiger partial charge in [0.25, 0.3) is 0 Å². The maximum Gasteiger partial charge on any atom is 0.405 e. The van der Waals surface area contributed by atoms with Gasteiger partial charge >= 0.3 is 6.18 Å². The molecule has 0 radical (unpaired) electrons. The number of halogens is 4. The summed E-state index contributed by atoms with van der Waals surface area (Å²) in [6.45, 7) is 0.748. The van der Waals surface area contributed by atoms with Gasteiger partial charge < -0.3 is 10.6 Å². The molecule has 0 aliphatic heterocycles. The molecule has 1 aromatic rings. The summed E-state index contributed by atoms with van der Waals surface area (Å²) in [6, 6.07) is 4.05. The third kappa shape index (κ3) is 3.87. The minimum Gasteiger partial charge on any atom is -0.362 e. The van der Waals surface area contributed by atoms with E-state index in [0.717, 1.165) is 4.90 Å². The van der Waals surface area contributed by atoms with Crippen molar-refractivity contribution in [2.24, 2.45) is 5.73 Å². The maximum atomic E-state index is 13.5. The molecule has 1 rings (SSSR count). The molecule has 102 valence electrons. The lowest BCUT2D eigenvalue weighted by atomic mass is 10.1. The fourth-order valence-electron chi connectivity index (χ4n) is 1.82. The molecule has 1 aromatic carbocycles. The second-order valence-electron chi connectivity index (χ2n) is 3.98. The first kappa shape index (κ1) is 14.8. The Labute approximate surface area is 103 Å². The highest BCUT2D eigenvalue weighted by Crippen LogP contribution is 2.27. The van der Waals surface area contributed by atoms with Crippen molar-refractivity contribution < 1.29 is 17.6 Å². The van der Waals surface area contributed by atoms with Crippen LogP contribution in [0.5, 0.6) is 0 Å². The average Bonchev–Trinajstić information content (AvgIpc) is 2.26. The van der Waals surface area contributed by atoms with Gasteiger partial charge in [-0.05, 0) is 18.6 Å². The molecule has 0 heterocycles. The van der Waals surface area contributed by atoms with Crippen molar-refractivity contribution in [2.75, 3.05) is 18.0 Å². The molecule has 0 fully saturated rings. The van der Waals surface area contributed by atoms with Gasteiger partial charge in [0, 0.05) is 24.3 Å². The Balaban J connectivity index is 3.09. The lowest BCUT2D eigenvalue weighted by Gasteiger charge is -2.27. The molecular formula is C12H16F4N2. The number of hydrogen-bond donors (Lipinski definition) is 1. The zero-order chi connectivity index (χ0) is 13.8. The number of nitrogens with two attached hydrogens (primary N) is 1. The Morgan fingerprint density at radius 2 is 1.94 bits per heavy atom. The van der Waals surface area contributed by atoms with E-state index in [1.165, 1.54) is 18.2 Å². The van der Waals surface area contributed by atoms with Crippen molar-refractivity contribution >= 4 is 5.69 Å². The van der Waals surface area contributed by atoms with Gasteiger partial charge in [-0.15, -0.1) is 0 Å². The molecule has 6 heteroatoms. The molecule has 0 atom stereocenters. The predicted molar refractivity (Wildman–Crippen MR) is 62.9 cm³/mol. The van der Waals surface area contributed by atoms with Gasteiger partial charge in [-0.2, -0.15) is 13.2 Å². The SMILES string of the molecule is CCCN(CC(F)(F)F)c1cccc(F)c1CN. The minimum atomic E-state index is -4.33. The van der Waals surface area contributed by atoms with Crippen LogP contribution < -0.4 is 10.6 Å². The smallest absolute Gasteiger partial charge is 0.362 e. The summed E-state index contributed by atoms with van der Waals surface area (Å²) in [4.78, 5) is 1.12. The number of alkyl halides is 3. The van der Waals surface area contributed by atoms with Gasteiger partial charge in [-0.3, -0.25) is 0 Å². The van der Waals surface area contributed by atoms with Gasteiger partial charge in [-0.1, -0.05) is 13.0 Å². The Kier molecular flexibility index (Phi) is 4.95. The molecule has 0 aliphatic rings. The summed E-state index contributed by atoms with van der Waals surface area (Å²) in [5.41, 5.74) is 5.74. The lowest BCUT2D eigenvalue weighted by Crippen LogP contribution is -2.35. The lowest BCUT2D eigenvalue weighted by molar-refractivity contribution is -0.119. The van der Waals surface area contributed by atoms with Gasteiger partial charge in [0.1, 0.15) is 12.4 Å². The normalized spacial score (nSPS) is 11.7. The van der Waals surface area contributed by atoms with Crippen molar-refractivity contribution in [3.8, 4) is 0 Å². The molecule has 0 amide bonds. The van der Waals surface area contributed by atoms with Crippen LogP contribution in [0.2, 0.25) is 0 Å². The summed E-state index contributed by atoms with van der Waals surface area (Å²) < 4.78 is 50.9. The standard InChI is InChI=1S/C12H16F4N2/c1-2-6-18(8-12(14,15)16)11-5-3-4-10(13)9(11)7-17/h3-5H,2,6-8,17H2,1H3. The van der Waals surface area contributed by atoms with Gasteiger partial charge in [0.15, 0.2) is 0 Å². The molecule has 0 saturated carbocycles. The molecule has 0 aromatic heterocycles. The van der Waals surface area contributed by atoms with E-state index < -0.39 is 18.5 Å². The molecule has 2 nitrogen and oxygen atoms in total. The van der Waals surface area contributed by atoms with Gasteiger partial charge in [0.05, 0.1) is 0 Å². The first-order valence-electron chi connectivity index (χ1n) is 5.68. The summed E-state index contributed by atoms with van der Waals surface area (Å²) in [6.07, 6.45) is -3.79. The number of hydrogen-bond acceptors (Lipinski definition) is 2. The Hall–Kier alpha value is -1.30. The van der Waals surface area contributed by atoms with E-state index in [1.807, 2.05) is 0 Å². The maximum absolute atomic E-state index is 13.5. The Morgan fingerprint density at radius 1 is 1.28 bits per heavy atom. The first-order valence-corrected chi connectivity index (χ1v) is 5.68. The summed E-state index contributed by atoms with van der Waals surface area (Å²) in [5, 5.41) is 0. The van der Waals surface area contributed by atoms with Crippen molar-refractivity contribution in [3.05, 3.63) is 29.6 Å².